The molecule has 0 amide bonds. The molecule has 17 atom stereocenters. The molecule has 6 saturated carbocycles. The predicted octanol–water partition coefficient (Wildman–Crippen LogP) is 18.9. The van der Waals surface area contributed by atoms with Gasteiger partial charge in [-0.3, -0.25) is 19.7 Å². The number of ketones is 1. The zero-order valence-corrected chi connectivity index (χ0v) is 57.8. The van der Waals surface area contributed by atoms with Gasteiger partial charge in [0.1, 0.15) is 5.78 Å². The summed E-state index contributed by atoms with van der Waals surface area (Å²) in [7, 11) is 3.53. The summed E-state index contributed by atoms with van der Waals surface area (Å²) in [4.78, 5) is 28.7. The number of rotatable bonds is 5. The molecular weight excluding hydrogens is 1190 g/mol. The highest BCUT2D eigenvalue weighted by molar-refractivity contribution is 5.85. The Morgan fingerprint density at radius 1 is 0.433 bits per heavy atom. The van der Waals surface area contributed by atoms with E-state index in [9.17, 15) is 4.79 Å². The second kappa shape index (κ2) is 21.9. The molecule has 0 N–H and O–H groups in total. The van der Waals surface area contributed by atoms with Crippen LogP contribution in [0.25, 0.3) is 32.3 Å². The van der Waals surface area contributed by atoms with E-state index in [1.54, 1.807) is 23.9 Å². The maximum Gasteiger partial charge on any atom is 0.136 e. The minimum Gasteiger partial charge on any atom is -0.359 e. The molecule has 15 aliphatic rings. The van der Waals surface area contributed by atoms with Gasteiger partial charge in [0.15, 0.2) is 0 Å². The van der Waals surface area contributed by atoms with Crippen molar-refractivity contribution in [2.45, 2.75) is 238 Å². The number of allylic oxidation sites excluding steroid dienone is 3. The Morgan fingerprint density at radius 3 is 1.20 bits per heavy atom. The van der Waals surface area contributed by atoms with E-state index in [-0.39, 0.29) is 61.9 Å². The van der Waals surface area contributed by atoms with Crippen LogP contribution >= 0.6 is 0 Å². The molecule has 3 aromatic heterocycles. The van der Waals surface area contributed by atoms with E-state index in [4.69, 9.17) is 22.4 Å². The first-order chi connectivity index (χ1) is 49.3. The average Bonchev–Trinajstić information content (AvgIpc) is 1.55. The molecular formula is C88H101N5O4. The van der Waals surface area contributed by atoms with Gasteiger partial charge in [0.25, 0.3) is 0 Å². The summed E-state index contributed by atoms with van der Waals surface area (Å²) in [5.74, 6) is 3.41. The third-order valence-corrected chi connectivity index (χ3v) is 30.1. The Morgan fingerprint density at radius 2 is 0.804 bits per heavy atom. The van der Waals surface area contributed by atoms with E-state index < -0.39 is 14.0 Å². The molecule has 0 unspecified atom stereocenters. The molecule has 9 heteroatoms. The van der Waals surface area contributed by atoms with Crippen molar-refractivity contribution in [3.8, 4) is 0 Å². The van der Waals surface area contributed by atoms with Gasteiger partial charge < -0.3 is 24.0 Å². The van der Waals surface area contributed by atoms with Gasteiger partial charge in [-0.25, -0.2) is 0 Å². The SMILES string of the molecule is C[C@]12CC=C3C=C4CCC(=O)C[C@]45CC[C@]3(O5)[C@@H]1CC[C@@H]2c1ccc2ccncc2c1.[2H]C([2H])([2H])N(C)[C@@H]1CCC2=CC3=CC[C@]4(C)[C@@H](c5ccc6ccncc6c5)CC[C@H]4[C@@]34CC[C@]2(C1)O4.[2H]C([2H])([2H])N(C)[C@H]1CCC2=CC3=CC[C@]4(C)[C@@H](c5ccc6ccncc6c5)CC[C@H]4[C@@]34CC[C@]2(C1)O4. The number of fused-ring (bicyclic) bond motifs is 6. The van der Waals surface area contributed by atoms with Crippen molar-refractivity contribution in [2.75, 3.05) is 28.0 Å². The van der Waals surface area contributed by atoms with Gasteiger partial charge in [0.05, 0.1) is 33.6 Å². The van der Waals surface area contributed by atoms with Crippen LogP contribution in [0.2, 0.25) is 0 Å². The summed E-state index contributed by atoms with van der Waals surface area (Å²) >= 11 is 0. The van der Waals surface area contributed by atoms with Crippen LogP contribution < -0.4 is 0 Å². The Bertz CT molecular complexity index is 4530. The van der Waals surface area contributed by atoms with Crippen molar-refractivity contribution in [3.63, 3.8) is 0 Å². The summed E-state index contributed by atoms with van der Waals surface area (Å²) in [6.45, 7) is 3.39. The summed E-state index contributed by atoms with van der Waals surface area (Å²) in [5, 5.41) is 7.44. The van der Waals surface area contributed by atoms with Crippen molar-refractivity contribution in [2.24, 2.45) is 34.0 Å². The fourth-order valence-electron chi connectivity index (χ4n) is 25.3. The van der Waals surface area contributed by atoms with E-state index in [0.717, 1.165) is 103 Å². The van der Waals surface area contributed by atoms with Gasteiger partial charge in [-0.05, 0) is 324 Å². The highest BCUT2D eigenvalue weighted by atomic mass is 16.5. The van der Waals surface area contributed by atoms with E-state index in [1.165, 1.54) is 121 Å². The molecule has 6 aromatic rings. The first-order valence-electron chi connectivity index (χ1n) is 40.7. The molecule has 9 fully saturated rings. The first-order valence-corrected chi connectivity index (χ1v) is 37.7. The number of aromatic nitrogens is 3. The standard InChI is InChI=1S/2C30H36N2O.C28H29NO2/c2*1-28-12-10-24-17-23-6-7-25(32(2)3)18-29(23)13-14-30(24,33-29)27(28)9-8-26(28)21-5-4-20-11-15-31-19-22(20)16-21;1-26-10-8-22-15-21-4-5-23(30)16-27(21)11-12-28(22,31-27)25(26)7-6-24(26)19-3-2-18-9-13-29-17-20(18)14-19/h2*4-5,10-11,15-17,19,25-27H,6-9,12-14,18H2,1-3H3;2-3,8-9,13-15,17,24-25H,4-7,10-12,16H2,1H3/t25-,26+,27+,28+,29+,30+;25-,26-,27-,28-,29-,30-;24-,25-,26-,27-,28-/m011/s1/i2*2D3;. The normalized spacial score (nSPS) is 42.4. The zero-order chi connectivity index (χ0) is 70.7. The Labute approximate surface area is 584 Å². The lowest BCUT2D eigenvalue weighted by atomic mass is 9.58. The molecule has 21 rings (SSSR count). The first kappa shape index (κ1) is 55.6. The van der Waals surface area contributed by atoms with Crippen LogP contribution in [0.1, 0.15) is 218 Å². The molecule has 0 radical (unpaired) electrons. The second-order valence-corrected chi connectivity index (χ2v) is 34.3. The number of carbonyl (C=O) groups excluding carboxylic acids is 1. The van der Waals surface area contributed by atoms with E-state index >= 15 is 0 Å². The highest BCUT2D eigenvalue weighted by Gasteiger charge is 2.70. The van der Waals surface area contributed by atoms with Crippen molar-refractivity contribution < 1.29 is 27.2 Å². The van der Waals surface area contributed by atoms with Crippen LogP contribution in [0.4, 0.5) is 0 Å². The molecule has 3 saturated heterocycles. The maximum atomic E-state index is 12.4. The monoisotopic (exact) mass is 1300 g/mol. The molecule has 9 heterocycles. The lowest BCUT2D eigenvalue weighted by Gasteiger charge is -2.54. The van der Waals surface area contributed by atoms with Crippen LogP contribution in [0.15, 0.2) is 180 Å². The average molecular weight is 1300 g/mol. The molecule has 97 heavy (non-hydrogen) atoms. The van der Waals surface area contributed by atoms with Gasteiger partial charge in [0.2, 0.25) is 0 Å². The fourth-order valence-corrected chi connectivity index (χ4v) is 25.3. The molecule has 6 bridgehead atoms. The molecule has 6 spiro atoms. The van der Waals surface area contributed by atoms with E-state index in [1.807, 2.05) is 37.2 Å². The second-order valence-electron chi connectivity index (χ2n) is 34.3. The number of hydrogen-bond acceptors (Lipinski definition) is 9. The quantitative estimate of drug-likeness (QED) is 0.167. The Balaban J connectivity index is 0.000000107. The minimum absolute atomic E-state index is 0.0350. The van der Waals surface area contributed by atoms with Gasteiger partial charge in [0, 0.05) is 86.5 Å². The number of carbonyl (C=O) groups is 1. The molecule has 9 nitrogen and oxygen atoms in total. The van der Waals surface area contributed by atoms with Gasteiger partial charge in [-0.15, -0.1) is 0 Å². The lowest BCUT2D eigenvalue weighted by molar-refractivity contribution is -0.146. The molecule has 9 aliphatic carbocycles. The Kier molecular flexibility index (Phi) is 12.5. The number of nitrogens with zero attached hydrogens (tertiary/aromatic N) is 5. The van der Waals surface area contributed by atoms with Crippen LogP contribution in [0.5, 0.6) is 0 Å². The topological polar surface area (TPSA) is 89.9 Å². The third kappa shape index (κ3) is 8.97. The smallest absolute Gasteiger partial charge is 0.136 e. The van der Waals surface area contributed by atoms with Gasteiger partial charge in [-0.1, -0.05) is 93.6 Å². The van der Waals surface area contributed by atoms with Gasteiger partial charge in [-0.2, -0.15) is 0 Å². The molecule has 3 aromatic carbocycles. The van der Waals surface area contributed by atoms with Crippen LogP contribution in [0, 0.1) is 34.0 Å². The van der Waals surface area contributed by atoms with Crippen LogP contribution in [-0.4, -0.2) is 104 Å². The van der Waals surface area contributed by atoms with Crippen molar-refractivity contribution in [3.05, 3.63) is 197 Å². The van der Waals surface area contributed by atoms with E-state index in [0.29, 0.717) is 54.1 Å². The number of Topliss-reactive ketones (excluding diaryl/α,β-unsaturated/α-hetero) is 1. The van der Waals surface area contributed by atoms with Gasteiger partial charge >= 0.3 is 0 Å². The minimum atomic E-state index is -2.06. The number of ether oxygens (including phenoxy) is 3. The summed E-state index contributed by atoms with van der Waals surface area (Å²) < 4.78 is 69.5. The largest absolute Gasteiger partial charge is 0.359 e. The lowest BCUT2D eigenvalue weighted by Crippen LogP contribution is -2.55. The predicted molar refractivity (Wildman–Crippen MR) is 387 cm³/mol. The van der Waals surface area contributed by atoms with Crippen LogP contribution in [-0.2, 0) is 19.0 Å². The van der Waals surface area contributed by atoms with Crippen molar-refractivity contribution in [1.29, 1.82) is 0 Å². The van der Waals surface area contributed by atoms with E-state index in [2.05, 4.69) is 145 Å². The summed E-state index contributed by atoms with van der Waals surface area (Å²) in [5.41, 5.74) is 11.8. The molecule has 502 valence electrons. The third-order valence-electron chi connectivity index (χ3n) is 30.1. The summed E-state index contributed by atoms with van der Waals surface area (Å²) in [6.07, 6.45) is 50.6. The van der Waals surface area contributed by atoms with Crippen molar-refractivity contribution in [1.82, 2.24) is 24.8 Å². The Hall–Kier alpha value is -6.20. The maximum absolute atomic E-state index is 12.4. The summed E-state index contributed by atoms with van der Waals surface area (Å²) in [6, 6.07) is 27.2. The van der Waals surface area contributed by atoms with Crippen LogP contribution in [0.3, 0.4) is 0 Å². The highest BCUT2D eigenvalue weighted by Crippen LogP contribution is 2.73. The fraction of sp³-hybridized carbons (Fsp3) is 0.545. The number of hydrogen-bond donors (Lipinski definition) is 0. The molecule has 6 aliphatic heterocycles. The zero-order valence-electron chi connectivity index (χ0n) is 63.8. The van der Waals surface area contributed by atoms with Crippen molar-refractivity contribution >= 4 is 38.1 Å². The number of pyridine rings is 3. The number of benzene rings is 3.